The fraction of sp³-hybridized carbons (Fsp3) is 0.455. The van der Waals surface area contributed by atoms with Crippen LogP contribution in [0, 0.1) is 0 Å². The van der Waals surface area contributed by atoms with Crippen molar-refractivity contribution >= 4 is 11.4 Å². The third-order valence-corrected chi connectivity index (χ3v) is 2.61. The highest BCUT2D eigenvalue weighted by Gasteiger charge is 2.14. The summed E-state index contributed by atoms with van der Waals surface area (Å²) >= 11 is 0. The molecule has 1 aromatic rings. The first-order chi connectivity index (χ1) is 6.83. The summed E-state index contributed by atoms with van der Waals surface area (Å²) < 4.78 is 5.33. The van der Waals surface area contributed by atoms with Crippen LogP contribution in [0.4, 0.5) is 11.4 Å². The van der Waals surface area contributed by atoms with Gasteiger partial charge in [-0.15, -0.1) is 0 Å². The van der Waals surface area contributed by atoms with Crippen molar-refractivity contribution < 1.29 is 4.74 Å². The molecule has 3 nitrogen and oxygen atoms in total. The average molecular weight is 192 g/mol. The predicted octanol–water partition coefficient (Wildman–Crippen LogP) is 1.95. The third-order valence-electron chi connectivity index (χ3n) is 2.61. The van der Waals surface area contributed by atoms with Crippen LogP contribution in [0.2, 0.25) is 0 Å². The number of fused-ring (bicyclic) bond motifs is 1. The molecule has 0 bridgehead atoms. The maximum atomic E-state index is 5.33. The number of nitrogens with zero attached hydrogens (tertiary/aromatic N) is 1. The van der Waals surface area contributed by atoms with Crippen molar-refractivity contribution in [1.29, 1.82) is 0 Å². The lowest BCUT2D eigenvalue weighted by Crippen LogP contribution is -2.17. The van der Waals surface area contributed by atoms with Gasteiger partial charge >= 0.3 is 0 Å². The highest BCUT2D eigenvalue weighted by molar-refractivity contribution is 5.76. The molecular formula is C11H16N2O. The van der Waals surface area contributed by atoms with Gasteiger partial charge in [0.25, 0.3) is 0 Å². The maximum absolute atomic E-state index is 5.33. The van der Waals surface area contributed by atoms with Crippen LogP contribution in [-0.2, 0) is 0 Å². The first-order valence-electron chi connectivity index (χ1n) is 4.95. The minimum absolute atomic E-state index is 0.927. The lowest BCUT2D eigenvalue weighted by Gasteiger charge is -2.19. The first-order valence-corrected chi connectivity index (χ1v) is 4.95. The molecule has 0 spiro atoms. The molecule has 0 fully saturated rings. The summed E-state index contributed by atoms with van der Waals surface area (Å²) in [4.78, 5) is 2.26. The van der Waals surface area contributed by atoms with E-state index in [1.54, 1.807) is 7.11 Å². The SMILES string of the molecule is COc1cccc2c1NCCCN2C. The maximum Gasteiger partial charge on any atom is 0.144 e. The first kappa shape index (κ1) is 9.19. The van der Waals surface area contributed by atoms with Crippen molar-refractivity contribution in [2.24, 2.45) is 0 Å². The van der Waals surface area contributed by atoms with E-state index >= 15 is 0 Å². The van der Waals surface area contributed by atoms with Gasteiger partial charge < -0.3 is 15.0 Å². The predicted molar refractivity (Wildman–Crippen MR) is 59.4 cm³/mol. The van der Waals surface area contributed by atoms with Gasteiger partial charge in [-0.1, -0.05) is 6.07 Å². The van der Waals surface area contributed by atoms with Crippen molar-refractivity contribution in [1.82, 2.24) is 0 Å². The molecule has 2 rings (SSSR count). The van der Waals surface area contributed by atoms with Crippen LogP contribution in [0.3, 0.4) is 0 Å². The number of rotatable bonds is 1. The molecule has 0 radical (unpaired) electrons. The van der Waals surface area contributed by atoms with Crippen LogP contribution in [-0.4, -0.2) is 27.2 Å². The Bertz CT molecular complexity index is 325. The number of methoxy groups -OCH3 is 1. The van der Waals surface area contributed by atoms with Crippen LogP contribution in [0.1, 0.15) is 6.42 Å². The van der Waals surface area contributed by atoms with E-state index in [1.807, 2.05) is 12.1 Å². The summed E-state index contributed by atoms with van der Waals surface area (Å²) in [5.41, 5.74) is 2.34. The Morgan fingerprint density at radius 3 is 3.07 bits per heavy atom. The Hall–Kier alpha value is -1.38. The van der Waals surface area contributed by atoms with Gasteiger partial charge in [0.05, 0.1) is 12.8 Å². The molecular weight excluding hydrogens is 176 g/mol. The minimum atomic E-state index is 0.927. The molecule has 1 aromatic carbocycles. The van der Waals surface area contributed by atoms with E-state index in [-0.39, 0.29) is 0 Å². The molecule has 0 atom stereocenters. The fourth-order valence-corrected chi connectivity index (χ4v) is 1.84. The number of nitrogens with one attached hydrogen (secondary N) is 1. The second kappa shape index (κ2) is 3.78. The monoisotopic (exact) mass is 192 g/mol. The second-order valence-electron chi connectivity index (χ2n) is 3.56. The van der Waals surface area contributed by atoms with Crippen LogP contribution < -0.4 is 15.0 Å². The molecule has 0 amide bonds. The number of anilines is 2. The Labute approximate surface area is 84.7 Å². The Morgan fingerprint density at radius 1 is 1.43 bits per heavy atom. The molecule has 0 aliphatic carbocycles. The third kappa shape index (κ3) is 1.50. The van der Waals surface area contributed by atoms with Gasteiger partial charge in [0, 0.05) is 20.1 Å². The zero-order valence-electron chi connectivity index (χ0n) is 8.71. The molecule has 0 saturated carbocycles. The van der Waals surface area contributed by atoms with Gasteiger partial charge in [-0.05, 0) is 18.6 Å². The summed E-state index contributed by atoms with van der Waals surface area (Å²) in [7, 11) is 3.83. The van der Waals surface area contributed by atoms with E-state index in [2.05, 4.69) is 23.3 Å². The van der Waals surface area contributed by atoms with E-state index in [4.69, 9.17) is 4.74 Å². The zero-order valence-corrected chi connectivity index (χ0v) is 8.71. The minimum Gasteiger partial charge on any atom is -0.495 e. The van der Waals surface area contributed by atoms with Crippen molar-refractivity contribution in [2.45, 2.75) is 6.42 Å². The number of hydrogen-bond donors (Lipinski definition) is 1. The summed E-state index contributed by atoms with van der Waals surface area (Å²) in [6, 6.07) is 6.14. The van der Waals surface area contributed by atoms with E-state index in [1.165, 1.54) is 5.69 Å². The van der Waals surface area contributed by atoms with Gasteiger partial charge in [-0.2, -0.15) is 0 Å². The summed E-state index contributed by atoms with van der Waals surface area (Å²) in [6.07, 6.45) is 1.16. The molecule has 0 saturated heterocycles. The van der Waals surface area contributed by atoms with Crippen LogP contribution >= 0.6 is 0 Å². The standard InChI is InChI=1S/C11H16N2O/c1-13-8-4-7-12-11-9(13)5-3-6-10(11)14-2/h3,5-6,12H,4,7-8H2,1-2H3. The second-order valence-corrected chi connectivity index (χ2v) is 3.56. The highest BCUT2D eigenvalue weighted by atomic mass is 16.5. The van der Waals surface area contributed by atoms with E-state index < -0.39 is 0 Å². The van der Waals surface area contributed by atoms with Gasteiger partial charge in [0.2, 0.25) is 0 Å². The van der Waals surface area contributed by atoms with Gasteiger partial charge in [0.1, 0.15) is 11.4 Å². The smallest absolute Gasteiger partial charge is 0.144 e. The number of para-hydroxylation sites is 1. The lowest BCUT2D eigenvalue weighted by molar-refractivity contribution is 0.416. The van der Waals surface area contributed by atoms with Crippen molar-refractivity contribution in [3.63, 3.8) is 0 Å². The molecule has 1 N–H and O–H groups in total. The van der Waals surface area contributed by atoms with Crippen LogP contribution in [0.15, 0.2) is 18.2 Å². The molecule has 0 aromatic heterocycles. The van der Waals surface area contributed by atoms with Crippen molar-refractivity contribution in [3.05, 3.63) is 18.2 Å². The summed E-state index contributed by atoms with van der Waals surface area (Å²) in [5.74, 6) is 0.927. The van der Waals surface area contributed by atoms with E-state index in [9.17, 15) is 0 Å². The molecule has 1 aliphatic rings. The number of hydrogen-bond acceptors (Lipinski definition) is 3. The molecule has 76 valence electrons. The Kier molecular flexibility index (Phi) is 2.48. The lowest BCUT2D eigenvalue weighted by atomic mass is 10.2. The topological polar surface area (TPSA) is 24.5 Å². The van der Waals surface area contributed by atoms with Crippen LogP contribution in [0.5, 0.6) is 5.75 Å². The van der Waals surface area contributed by atoms with E-state index in [0.29, 0.717) is 0 Å². The van der Waals surface area contributed by atoms with Gasteiger partial charge in [-0.3, -0.25) is 0 Å². The Balaban J connectivity index is 2.46. The number of benzene rings is 1. The molecule has 1 heterocycles. The molecule has 0 unspecified atom stereocenters. The largest absolute Gasteiger partial charge is 0.495 e. The molecule has 3 heteroatoms. The normalized spacial score (nSPS) is 15.4. The highest BCUT2D eigenvalue weighted by Crippen LogP contribution is 2.35. The van der Waals surface area contributed by atoms with Gasteiger partial charge in [-0.25, -0.2) is 0 Å². The molecule has 14 heavy (non-hydrogen) atoms. The number of ether oxygens (including phenoxy) is 1. The fourth-order valence-electron chi connectivity index (χ4n) is 1.84. The molecule has 1 aliphatic heterocycles. The Morgan fingerprint density at radius 2 is 2.29 bits per heavy atom. The van der Waals surface area contributed by atoms with Crippen LogP contribution in [0.25, 0.3) is 0 Å². The van der Waals surface area contributed by atoms with Crippen molar-refractivity contribution in [3.8, 4) is 5.75 Å². The summed E-state index contributed by atoms with van der Waals surface area (Å²) in [6.45, 7) is 2.10. The van der Waals surface area contributed by atoms with Gasteiger partial charge in [0.15, 0.2) is 0 Å². The quantitative estimate of drug-likeness (QED) is 0.736. The average Bonchev–Trinajstić information content (AvgIpc) is 2.41. The zero-order chi connectivity index (χ0) is 9.97. The summed E-state index contributed by atoms with van der Waals surface area (Å²) in [5, 5.41) is 3.41. The van der Waals surface area contributed by atoms with E-state index in [0.717, 1.165) is 30.9 Å². The van der Waals surface area contributed by atoms with Crippen molar-refractivity contribution in [2.75, 3.05) is 37.5 Å².